The smallest absolute Gasteiger partial charge is 0.159 e. The van der Waals surface area contributed by atoms with E-state index in [0.717, 1.165) is 57.7 Å². The Kier molecular flexibility index (Phi) is 8.85. The Labute approximate surface area is 224 Å². The molecule has 194 valence electrons. The molecule has 0 saturated heterocycles. The summed E-state index contributed by atoms with van der Waals surface area (Å²) in [6.07, 6.45) is 7.10. The lowest BCUT2D eigenvalue weighted by molar-refractivity contribution is 0.508. The number of hydrogen-bond donors (Lipinski definition) is 1. The molecular formula is C31H31F2N4P. The molecule has 0 fully saturated rings. The van der Waals surface area contributed by atoms with Crippen molar-refractivity contribution in [3.8, 4) is 0 Å². The number of aromatic nitrogens is 3. The van der Waals surface area contributed by atoms with Crippen LogP contribution < -0.4 is 0 Å². The molecule has 7 heteroatoms. The van der Waals surface area contributed by atoms with E-state index in [0.29, 0.717) is 31.3 Å². The number of allylic oxidation sites excluding steroid dienone is 2. The van der Waals surface area contributed by atoms with Gasteiger partial charge in [-0.15, -0.1) is 0 Å². The number of hydrogen-bond acceptors (Lipinski definition) is 4. The van der Waals surface area contributed by atoms with Gasteiger partial charge in [0.05, 0.1) is 22.4 Å². The van der Waals surface area contributed by atoms with E-state index in [1.165, 1.54) is 12.3 Å². The van der Waals surface area contributed by atoms with E-state index in [1.54, 1.807) is 18.5 Å². The van der Waals surface area contributed by atoms with Crippen molar-refractivity contribution in [1.82, 2.24) is 15.0 Å². The Morgan fingerprint density at radius 2 is 1.82 bits per heavy atom. The van der Waals surface area contributed by atoms with Crippen molar-refractivity contribution in [1.29, 1.82) is 5.41 Å². The first-order chi connectivity index (χ1) is 18.3. The van der Waals surface area contributed by atoms with Crippen LogP contribution in [0.1, 0.15) is 55.3 Å². The molecule has 1 N–H and O–H groups in total. The number of nitrogens with zero attached hydrogens (tertiary/aromatic N) is 3. The lowest BCUT2D eigenvalue weighted by Crippen LogP contribution is -2.01. The Morgan fingerprint density at radius 1 is 1.00 bits per heavy atom. The average molecular weight is 529 g/mol. The summed E-state index contributed by atoms with van der Waals surface area (Å²) in [5, 5.41) is 7.95. The van der Waals surface area contributed by atoms with E-state index in [-0.39, 0.29) is 0 Å². The Bertz CT molecular complexity index is 1540. The van der Waals surface area contributed by atoms with E-state index in [2.05, 4.69) is 29.6 Å². The number of benzene rings is 1. The van der Waals surface area contributed by atoms with Gasteiger partial charge in [-0.3, -0.25) is 9.97 Å². The molecule has 0 saturated carbocycles. The minimum atomic E-state index is -0.903. The zero-order valence-electron chi connectivity index (χ0n) is 22.0. The van der Waals surface area contributed by atoms with Crippen LogP contribution >= 0.6 is 8.58 Å². The second-order valence-electron chi connectivity index (χ2n) is 9.64. The molecular weight excluding hydrogens is 497 g/mol. The third-order valence-corrected chi connectivity index (χ3v) is 7.47. The van der Waals surface area contributed by atoms with Crippen LogP contribution in [-0.4, -0.2) is 27.3 Å². The molecule has 0 amide bonds. The molecule has 0 spiro atoms. The van der Waals surface area contributed by atoms with Crippen LogP contribution in [0.5, 0.6) is 0 Å². The van der Waals surface area contributed by atoms with Crippen molar-refractivity contribution in [2.45, 2.75) is 34.1 Å². The van der Waals surface area contributed by atoms with Crippen molar-refractivity contribution in [3.05, 3.63) is 106 Å². The van der Waals surface area contributed by atoms with Crippen LogP contribution in [0.3, 0.4) is 0 Å². The predicted octanol–water partition coefficient (Wildman–Crippen LogP) is 8.31. The van der Waals surface area contributed by atoms with Gasteiger partial charge in [0.2, 0.25) is 0 Å². The second-order valence-corrected chi connectivity index (χ2v) is 10.8. The molecule has 0 aliphatic heterocycles. The van der Waals surface area contributed by atoms with Crippen LogP contribution in [0.15, 0.2) is 66.7 Å². The summed E-state index contributed by atoms with van der Waals surface area (Å²) in [7, 11) is 0.632. The molecule has 0 radical (unpaired) electrons. The fraction of sp³-hybridized carbons (Fsp3) is 0.226. The number of fused-ring (bicyclic) bond motifs is 1. The van der Waals surface area contributed by atoms with Crippen LogP contribution in [0, 0.1) is 29.9 Å². The maximum absolute atomic E-state index is 14.1. The minimum absolute atomic E-state index is 0.550. The Morgan fingerprint density at radius 3 is 2.53 bits per heavy atom. The van der Waals surface area contributed by atoms with Crippen molar-refractivity contribution in [2.24, 2.45) is 5.92 Å². The van der Waals surface area contributed by atoms with Gasteiger partial charge < -0.3 is 5.41 Å². The highest BCUT2D eigenvalue weighted by molar-refractivity contribution is 7.42. The van der Waals surface area contributed by atoms with E-state index in [1.807, 2.05) is 44.2 Å². The van der Waals surface area contributed by atoms with Crippen molar-refractivity contribution in [3.63, 3.8) is 0 Å². The van der Waals surface area contributed by atoms with Gasteiger partial charge in [-0.05, 0) is 85.4 Å². The monoisotopic (exact) mass is 528 g/mol. The van der Waals surface area contributed by atoms with Gasteiger partial charge >= 0.3 is 0 Å². The summed E-state index contributed by atoms with van der Waals surface area (Å²) in [5.74, 6) is 0.973. The van der Waals surface area contributed by atoms with Gasteiger partial charge in [0.1, 0.15) is 0 Å². The zero-order valence-corrected chi connectivity index (χ0v) is 23.0. The maximum atomic E-state index is 14.1. The molecule has 38 heavy (non-hydrogen) atoms. The molecule has 4 nitrogen and oxygen atoms in total. The normalized spacial score (nSPS) is 13.0. The van der Waals surface area contributed by atoms with Crippen molar-refractivity contribution >= 4 is 42.5 Å². The van der Waals surface area contributed by atoms with Crippen LogP contribution in [-0.2, 0) is 0 Å². The van der Waals surface area contributed by atoms with Crippen LogP contribution in [0.25, 0.3) is 27.8 Å². The van der Waals surface area contributed by atoms with Crippen molar-refractivity contribution in [2.75, 3.05) is 6.16 Å². The van der Waals surface area contributed by atoms with Gasteiger partial charge in [-0.25, -0.2) is 13.8 Å². The van der Waals surface area contributed by atoms with Gasteiger partial charge in [0.25, 0.3) is 0 Å². The predicted molar refractivity (Wildman–Crippen MR) is 156 cm³/mol. The summed E-state index contributed by atoms with van der Waals surface area (Å²) >= 11 is 0. The minimum Gasteiger partial charge on any atom is -0.308 e. The number of nitrogens with one attached hydrogen (secondary N) is 1. The largest absolute Gasteiger partial charge is 0.308 e. The molecule has 0 aliphatic rings. The summed E-state index contributed by atoms with van der Waals surface area (Å²) in [4.78, 5) is 14.2. The highest BCUT2D eigenvalue weighted by Gasteiger charge is 2.17. The molecule has 0 aliphatic carbocycles. The van der Waals surface area contributed by atoms with Gasteiger partial charge in [-0.1, -0.05) is 40.4 Å². The Hall–Kier alpha value is -3.63. The van der Waals surface area contributed by atoms with Crippen LogP contribution in [0.2, 0.25) is 0 Å². The number of halogens is 2. The third-order valence-electron chi connectivity index (χ3n) is 6.38. The van der Waals surface area contributed by atoms with Gasteiger partial charge in [-0.2, -0.15) is 0 Å². The SMILES string of the molecule is C/C(=C(/c1ccc2ncc(/C(C=N)=C/PCCC(C)C)cc2n1)c1ncccc1C)c1ccc(F)c(F)c1. The molecule has 4 rings (SSSR count). The lowest BCUT2D eigenvalue weighted by atomic mass is 9.93. The lowest BCUT2D eigenvalue weighted by Gasteiger charge is -2.15. The van der Waals surface area contributed by atoms with Crippen molar-refractivity contribution < 1.29 is 8.78 Å². The standard InChI is InChI=1S/C31H31F2N4P/c1-19(2)11-13-38-18-24(16-34)23-15-29-27(36-17-23)9-10-28(37-29)30(31-20(3)6-5-12-35-31)21(4)22-7-8-25(32)26(33)14-22/h5-10,12,14-19,34,38H,11,13H2,1-4H3/b24-18+,30-21+,34-16?. The molecule has 1 unspecified atom stereocenters. The highest BCUT2D eigenvalue weighted by Crippen LogP contribution is 2.33. The highest BCUT2D eigenvalue weighted by atomic mass is 31.1. The first-order valence-corrected chi connectivity index (χ1v) is 13.9. The Balaban J connectivity index is 1.83. The van der Waals surface area contributed by atoms with E-state index < -0.39 is 11.6 Å². The van der Waals surface area contributed by atoms with E-state index in [9.17, 15) is 8.78 Å². The number of rotatable bonds is 9. The summed E-state index contributed by atoms with van der Waals surface area (Å²) in [5.41, 5.74) is 7.40. The summed E-state index contributed by atoms with van der Waals surface area (Å²) in [6.45, 7) is 8.25. The maximum Gasteiger partial charge on any atom is 0.159 e. The first kappa shape index (κ1) is 27.4. The molecule has 3 aromatic heterocycles. The number of pyridine rings is 3. The molecule has 1 atom stereocenters. The molecule has 4 aromatic rings. The molecule has 3 heterocycles. The first-order valence-electron chi connectivity index (χ1n) is 12.6. The fourth-order valence-corrected chi connectivity index (χ4v) is 5.54. The summed E-state index contributed by atoms with van der Waals surface area (Å²) < 4.78 is 27.8. The quantitative estimate of drug-likeness (QED) is 0.135. The fourth-order valence-electron chi connectivity index (χ4n) is 4.18. The van der Waals surface area contributed by atoms with E-state index in [4.69, 9.17) is 10.4 Å². The zero-order chi connectivity index (χ0) is 27.2. The average Bonchev–Trinajstić information content (AvgIpc) is 2.91. The van der Waals surface area contributed by atoms with Crippen LogP contribution in [0.4, 0.5) is 8.78 Å². The third kappa shape index (κ3) is 6.25. The number of aryl methyl sites for hydroxylation is 1. The van der Waals surface area contributed by atoms with Gasteiger partial charge in [0.15, 0.2) is 11.6 Å². The second kappa shape index (κ2) is 12.3. The molecule has 0 bridgehead atoms. The van der Waals surface area contributed by atoms with Gasteiger partial charge in [0, 0.05) is 35.3 Å². The topological polar surface area (TPSA) is 62.5 Å². The van der Waals surface area contributed by atoms with E-state index >= 15 is 0 Å². The molecule has 1 aromatic carbocycles. The summed E-state index contributed by atoms with van der Waals surface area (Å²) in [6, 6.07) is 13.4.